The number of aromatic amines is 2. The smallest absolute Gasteiger partial charge is 0.142 e. The van der Waals surface area contributed by atoms with E-state index in [4.69, 9.17) is 0 Å². The lowest BCUT2D eigenvalue weighted by molar-refractivity contribution is 0.624. The summed E-state index contributed by atoms with van der Waals surface area (Å²) in [5.41, 5.74) is 4.47. The summed E-state index contributed by atoms with van der Waals surface area (Å²) in [6.07, 6.45) is 4.71. The Kier molecular flexibility index (Phi) is 1.97. The van der Waals surface area contributed by atoms with Gasteiger partial charge in [-0.2, -0.15) is 0 Å². The summed E-state index contributed by atoms with van der Waals surface area (Å²) < 4.78 is 13.3. The number of nitrogens with one attached hydrogen (secondary N) is 2. The quantitative estimate of drug-likeness (QED) is 0.546. The van der Waals surface area contributed by atoms with Crippen molar-refractivity contribution in [2.45, 2.75) is 0 Å². The zero-order valence-corrected chi connectivity index (χ0v) is 9.81. The first-order chi connectivity index (χ1) is 9.31. The lowest BCUT2D eigenvalue weighted by atomic mass is 10.1. The van der Waals surface area contributed by atoms with Crippen LogP contribution in [-0.4, -0.2) is 19.9 Å². The van der Waals surface area contributed by atoms with E-state index in [1.807, 2.05) is 24.4 Å². The zero-order valence-electron chi connectivity index (χ0n) is 9.81. The van der Waals surface area contributed by atoms with Crippen LogP contribution in [0.3, 0.4) is 0 Å². The van der Waals surface area contributed by atoms with Crippen LogP contribution in [-0.2, 0) is 0 Å². The average molecular weight is 252 g/mol. The van der Waals surface area contributed by atoms with Crippen LogP contribution in [0.4, 0.5) is 4.39 Å². The largest absolute Gasteiger partial charge is 0.346 e. The molecule has 0 aliphatic heterocycles. The molecule has 0 bridgehead atoms. The minimum atomic E-state index is -0.337. The van der Waals surface area contributed by atoms with Crippen LogP contribution in [0.15, 0.2) is 43.0 Å². The van der Waals surface area contributed by atoms with E-state index < -0.39 is 0 Å². The Balaban J connectivity index is 2.00. The van der Waals surface area contributed by atoms with E-state index in [-0.39, 0.29) is 5.82 Å². The van der Waals surface area contributed by atoms with Crippen LogP contribution in [0.1, 0.15) is 0 Å². The molecule has 0 amide bonds. The van der Waals surface area contributed by atoms with E-state index in [9.17, 15) is 4.39 Å². The Morgan fingerprint density at radius 3 is 2.95 bits per heavy atom. The van der Waals surface area contributed by atoms with Crippen molar-refractivity contribution in [2.24, 2.45) is 0 Å². The molecule has 3 aromatic heterocycles. The maximum atomic E-state index is 13.3. The monoisotopic (exact) mass is 252 g/mol. The average Bonchev–Trinajstić information content (AvgIpc) is 3.03. The lowest BCUT2D eigenvalue weighted by Gasteiger charge is -1.99. The number of hydrogen-bond donors (Lipinski definition) is 2. The van der Waals surface area contributed by atoms with Crippen molar-refractivity contribution < 1.29 is 4.39 Å². The van der Waals surface area contributed by atoms with Gasteiger partial charge in [0.25, 0.3) is 0 Å². The van der Waals surface area contributed by atoms with Crippen molar-refractivity contribution in [1.82, 2.24) is 19.9 Å². The molecule has 3 heterocycles. The van der Waals surface area contributed by atoms with Crippen LogP contribution in [0.25, 0.3) is 33.2 Å². The second kappa shape index (κ2) is 3.65. The molecule has 2 N–H and O–H groups in total. The third-order valence-electron chi connectivity index (χ3n) is 3.23. The lowest BCUT2D eigenvalue weighted by Crippen LogP contribution is -1.81. The second-order valence-electron chi connectivity index (χ2n) is 4.39. The molecule has 92 valence electrons. The van der Waals surface area contributed by atoms with Crippen molar-refractivity contribution in [2.75, 3.05) is 0 Å². The van der Waals surface area contributed by atoms with Crippen LogP contribution < -0.4 is 0 Å². The Hall–Kier alpha value is -2.69. The molecule has 0 saturated carbocycles. The molecule has 0 atom stereocenters. The van der Waals surface area contributed by atoms with E-state index in [1.165, 1.54) is 12.3 Å². The fourth-order valence-electron chi connectivity index (χ4n) is 2.32. The van der Waals surface area contributed by atoms with E-state index in [0.717, 1.165) is 27.5 Å². The van der Waals surface area contributed by atoms with Crippen LogP contribution in [0.5, 0.6) is 0 Å². The van der Waals surface area contributed by atoms with Gasteiger partial charge in [0.15, 0.2) is 0 Å². The van der Waals surface area contributed by atoms with Crippen molar-refractivity contribution in [3.8, 4) is 11.1 Å². The molecule has 0 radical (unpaired) electrons. The highest BCUT2D eigenvalue weighted by molar-refractivity contribution is 5.95. The number of aromatic nitrogens is 4. The Morgan fingerprint density at radius 2 is 2.00 bits per heavy atom. The molecular formula is C14H9FN4. The number of hydrogen-bond acceptors (Lipinski definition) is 2. The van der Waals surface area contributed by atoms with Crippen molar-refractivity contribution in [1.29, 1.82) is 0 Å². The van der Waals surface area contributed by atoms with Gasteiger partial charge in [0.05, 0.1) is 23.6 Å². The van der Waals surface area contributed by atoms with E-state index in [1.54, 1.807) is 6.33 Å². The number of halogens is 1. The Morgan fingerprint density at radius 1 is 1.05 bits per heavy atom. The number of pyridine rings is 1. The van der Waals surface area contributed by atoms with Gasteiger partial charge in [0.2, 0.25) is 0 Å². The van der Waals surface area contributed by atoms with Crippen LogP contribution >= 0.6 is 0 Å². The van der Waals surface area contributed by atoms with Gasteiger partial charge in [-0.05, 0) is 23.8 Å². The standard InChI is InChI=1S/C14H9FN4/c15-9-4-10-11(6-17-14(10)16-5-9)8-1-2-12-13(3-8)19-7-18-12/h1-7H,(H,16,17)(H,18,19). The Labute approximate surface area is 107 Å². The first kappa shape index (κ1) is 10.3. The van der Waals surface area contributed by atoms with Crippen LogP contribution in [0.2, 0.25) is 0 Å². The summed E-state index contributed by atoms with van der Waals surface area (Å²) in [5.74, 6) is -0.337. The van der Waals surface area contributed by atoms with Gasteiger partial charge in [0.1, 0.15) is 11.5 Å². The fourth-order valence-corrected chi connectivity index (χ4v) is 2.32. The van der Waals surface area contributed by atoms with E-state index in [0.29, 0.717) is 5.65 Å². The number of benzene rings is 1. The predicted molar refractivity (Wildman–Crippen MR) is 71.1 cm³/mol. The molecule has 0 fully saturated rings. The molecule has 1 aromatic carbocycles. The molecule has 5 heteroatoms. The molecule has 0 aliphatic rings. The second-order valence-corrected chi connectivity index (χ2v) is 4.39. The van der Waals surface area contributed by atoms with Gasteiger partial charge >= 0.3 is 0 Å². The summed E-state index contributed by atoms with van der Waals surface area (Å²) in [7, 11) is 0. The third-order valence-corrected chi connectivity index (χ3v) is 3.23. The van der Waals surface area contributed by atoms with Gasteiger partial charge in [-0.3, -0.25) is 0 Å². The molecule has 0 aliphatic carbocycles. The number of nitrogens with zero attached hydrogens (tertiary/aromatic N) is 2. The van der Waals surface area contributed by atoms with Gasteiger partial charge < -0.3 is 9.97 Å². The molecule has 0 saturated heterocycles. The number of fused-ring (bicyclic) bond motifs is 2. The summed E-state index contributed by atoms with van der Waals surface area (Å²) in [6.45, 7) is 0. The topological polar surface area (TPSA) is 57.4 Å². The minimum Gasteiger partial charge on any atom is -0.346 e. The van der Waals surface area contributed by atoms with Gasteiger partial charge in [-0.1, -0.05) is 6.07 Å². The third kappa shape index (κ3) is 1.52. The molecule has 4 rings (SSSR count). The minimum absolute atomic E-state index is 0.337. The molecule has 19 heavy (non-hydrogen) atoms. The maximum Gasteiger partial charge on any atom is 0.142 e. The van der Waals surface area contributed by atoms with Crippen molar-refractivity contribution in [3.63, 3.8) is 0 Å². The highest BCUT2D eigenvalue weighted by atomic mass is 19.1. The zero-order chi connectivity index (χ0) is 12.8. The van der Waals surface area contributed by atoms with Gasteiger partial charge in [0, 0.05) is 17.1 Å². The summed E-state index contributed by atoms with van der Waals surface area (Å²) in [5, 5.41) is 0.777. The normalized spacial score (nSPS) is 11.4. The number of H-pyrrole nitrogens is 2. The first-order valence-corrected chi connectivity index (χ1v) is 5.87. The van der Waals surface area contributed by atoms with Gasteiger partial charge in [-0.15, -0.1) is 0 Å². The molecule has 4 nitrogen and oxygen atoms in total. The highest BCUT2D eigenvalue weighted by Crippen LogP contribution is 2.29. The molecule has 4 aromatic rings. The molecule has 0 unspecified atom stereocenters. The van der Waals surface area contributed by atoms with Gasteiger partial charge in [-0.25, -0.2) is 14.4 Å². The van der Waals surface area contributed by atoms with Crippen molar-refractivity contribution in [3.05, 3.63) is 48.8 Å². The van der Waals surface area contributed by atoms with E-state index in [2.05, 4.69) is 19.9 Å². The number of imidazole rings is 1. The fraction of sp³-hybridized carbons (Fsp3) is 0. The highest BCUT2D eigenvalue weighted by Gasteiger charge is 2.09. The van der Waals surface area contributed by atoms with E-state index >= 15 is 0 Å². The van der Waals surface area contributed by atoms with Crippen molar-refractivity contribution >= 4 is 22.1 Å². The molecule has 0 spiro atoms. The summed E-state index contributed by atoms with van der Waals surface area (Å²) in [4.78, 5) is 14.3. The van der Waals surface area contributed by atoms with Crippen LogP contribution in [0, 0.1) is 5.82 Å². The molecular weight excluding hydrogens is 243 g/mol. The summed E-state index contributed by atoms with van der Waals surface area (Å²) in [6, 6.07) is 7.39. The SMILES string of the molecule is Fc1cnc2[nH]cc(-c3ccc4nc[nH]c4c3)c2c1. The predicted octanol–water partition coefficient (Wildman–Crippen LogP) is 3.25. The summed E-state index contributed by atoms with van der Waals surface area (Å²) >= 11 is 0. The first-order valence-electron chi connectivity index (χ1n) is 5.87. The maximum absolute atomic E-state index is 13.3. The Bertz CT molecular complexity index is 891. The number of rotatable bonds is 1.